The standard InChI is InChI=1S/C23H24N2O5S/c1-4-30-21-10-8-18(9-11-21)24-23(26)17-6-5-7-19(16-17)25(2)31(27,28)22-14-12-20(29-3)13-15-22/h5-16H,4H2,1-3H3,(H,24,26). The summed E-state index contributed by atoms with van der Waals surface area (Å²) in [4.78, 5) is 12.8. The average Bonchev–Trinajstić information content (AvgIpc) is 2.80. The smallest absolute Gasteiger partial charge is 0.264 e. The molecule has 0 aromatic heterocycles. The summed E-state index contributed by atoms with van der Waals surface area (Å²) >= 11 is 0. The topological polar surface area (TPSA) is 84.9 Å². The minimum Gasteiger partial charge on any atom is -0.497 e. The zero-order valence-electron chi connectivity index (χ0n) is 17.5. The molecule has 8 heteroatoms. The number of sulfonamides is 1. The first-order valence-electron chi connectivity index (χ1n) is 9.62. The van der Waals surface area contributed by atoms with Gasteiger partial charge >= 0.3 is 0 Å². The molecule has 0 radical (unpaired) electrons. The molecule has 7 nitrogen and oxygen atoms in total. The molecule has 162 valence electrons. The molecule has 0 fully saturated rings. The Morgan fingerprint density at radius 3 is 2.23 bits per heavy atom. The Labute approximate surface area is 182 Å². The van der Waals surface area contributed by atoms with Crippen LogP contribution in [0.15, 0.2) is 77.7 Å². The minimum absolute atomic E-state index is 0.125. The predicted molar refractivity (Wildman–Crippen MR) is 121 cm³/mol. The van der Waals surface area contributed by atoms with Gasteiger partial charge in [-0.15, -0.1) is 0 Å². The maximum Gasteiger partial charge on any atom is 0.264 e. The molecule has 0 aliphatic heterocycles. The van der Waals surface area contributed by atoms with Crippen LogP contribution < -0.4 is 19.1 Å². The Bertz CT molecular complexity index is 1140. The molecule has 0 spiro atoms. The number of carbonyl (C=O) groups excluding carboxylic acids is 1. The van der Waals surface area contributed by atoms with E-state index in [0.29, 0.717) is 35.0 Å². The van der Waals surface area contributed by atoms with Crippen molar-refractivity contribution in [2.45, 2.75) is 11.8 Å². The van der Waals surface area contributed by atoms with Crippen molar-refractivity contribution in [3.8, 4) is 11.5 Å². The second kappa shape index (κ2) is 9.53. The van der Waals surface area contributed by atoms with E-state index in [1.807, 2.05) is 6.92 Å². The molecule has 3 aromatic rings. The van der Waals surface area contributed by atoms with Gasteiger partial charge in [-0.25, -0.2) is 8.42 Å². The average molecular weight is 441 g/mol. The van der Waals surface area contributed by atoms with Crippen LogP contribution in [0.5, 0.6) is 11.5 Å². The fourth-order valence-electron chi connectivity index (χ4n) is 2.89. The first-order valence-corrected chi connectivity index (χ1v) is 11.1. The number of hydrogen-bond donors (Lipinski definition) is 1. The lowest BCUT2D eigenvalue weighted by molar-refractivity contribution is 0.102. The summed E-state index contributed by atoms with van der Waals surface area (Å²) < 4.78 is 37.5. The van der Waals surface area contributed by atoms with Gasteiger partial charge < -0.3 is 14.8 Å². The van der Waals surface area contributed by atoms with Gasteiger partial charge in [0.05, 0.1) is 24.3 Å². The Morgan fingerprint density at radius 1 is 0.968 bits per heavy atom. The zero-order chi connectivity index (χ0) is 22.4. The number of nitrogens with one attached hydrogen (secondary N) is 1. The van der Waals surface area contributed by atoms with Gasteiger partial charge in [0.25, 0.3) is 15.9 Å². The number of nitrogens with zero attached hydrogens (tertiary/aromatic N) is 1. The van der Waals surface area contributed by atoms with Crippen LogP contribution >= 0.6 is 0 Å². The van der Waals surface area contributed by atoms with Gasteiger partial charge in [-0.3, -0.25) is 9.10 Å². The molecular formula is C23H24N2O5S. The molecule has 0 saturated carbocycles. The van der Waals surface area contributed by atoms with E-state index in [1.54, 1.807) is 54.6 Å². The fraction of sp³-hybridized carbons (Fsp3) is 0.174. The molecule has 3 aromatic carbocycles. The third kappa shape index (κ3) is 5.16. The van der Waals surface area contributed by atoms with Crippen molar-refractivity contribution in [3.63, 3.8) is 0 Å². The van der Waals surface area contributed by atoms with Gasteiger partial charge in [-0.2, -0.15) is 0 Å². The fourth-order valence-corrected chi connectivity index (χ4v) is 4.08. The van der Waals surface area contributed by atoms with Crippen LogP contribution in [0.4, 0.5) is 11.4 Å². The van der Waals surface area contributed by atoms with Crippen LogP contribution in [0.1, 0.15) is 17.3 Å². The molecule has 0 heterocycles. The second-order valence-electron chi connectivity index (χ2n) is 6.61. The van der Waals surface area contributed by atoms with Gasteiger partial charge in [-0.1, -0.05) is 6.07 Å². The van der Waals surface area contributed by atoms with E-state index in [9.17, 15) is 13.2 Å². The largest absolute Gasteiger partial charge is 0.497 e. The quantitative estimate of drug-likeness (QED) is 0.568. The number of amides is 1. The van der Waals surface area contributed by atoms with Crippen molar-refractivity contribution < 1.29 is 22.7 Å². The number of carbonyl (C=O) groups is 1. The van der Waals surface area contributed by atoms with E-state index in [1.165, 1.54) is 32.4 Å². The summed E-state index contributed by atoms with van der Waals surface area (Å²) in [6, 6.07) is 19.6. The van der Waals surface area contributed by atoms with Crippen LogP contribution in [0.25, 0.3) is 0 Å². The van der Waals surface area contributed by atoms with Gasteiger partial charge in [0.1, 0.15) is 11.5 Å². The van der Waals surface area contributed by atoms with Crippen molar-refractivity contribution >= 4 is 27.3 Å². The lowest BCUT2D eigenvalue weighted by Crippen LogP contribution is -2.26. The second-order valence-corrected chi connectivity index (χ2v) is 8.58. The molecule has 0 unspecified atom stereocenters. The highest BCUT2D eigenvalue weighted by atomic mass is 32.2. The van der Waals surface area contributed by atoms with Crippen LogP contribution in [-0.4, -0.2) is 35.1 Å². The molecule has 3 rings (SSSR count). The number of hydrogen-bond acceptors (Lipinski definition) is 5. The van der Waals surface area contributed by atoms with Gasteiger partial charge in [0.2, 0.25) is 0 Å². The third-order valence-electron chi connectivity index (χ3n) is 4.61. The first kappa shape index (κ1) is 22.2. The Kier molecular flexibility index (Phi) is 6.81. The van der Waals surface area contributed by atoms with Gasteiger partial charge in [0.15, 0.2) is 0 Å². The monoisotopic (exact) mass is 440 g/mol. The highest BCUT2D eigenvalue weighted by Crippen LogP contribution is 2.25. The molecule has 0 aliphatic rings. The van der Waals surface area contributed by atoms with Crippen LogP contribution in [-0.2, 0) is 10.0 Å². The van der Waals surface area contributed by atoms with Crippen LogP contribution in [0, 0.1) is 0 Å². The van der Waals surface area contributed by atoms with Crippen molar-refractivity contribution in [2.75, 3.05) is 30.4 Å². The van der Waals surface area contributed by atoms with Gasteiger partial charge in [0, 0.05) is 18.3 Å². The summed E-state index contributed by atoms with van der Waals surface area (Å²) in [6.07, 6.45) is 0. The molecule has 0 bridgehead atoms. The molecule has 0 aliphatic carbocycles. The number of rotatable bonds is 8. The molecule has 0 atom stereocenters. The van der Waals surface area contributed by atoms with Gasteiger partial charge in [-0.05, 0) is 73.7 Å². The number of methoxy groups -OCH3 is 1. The van der Waals surface area contributed by atoms with Crippen LogP contribution in [0.2, 0.25) is 0 Å². The Hall–Kier alpha value is -3.52. The zero-order valence-corrected chi connectivity index (χ0v) is 18.3. The van der Waals surface area contributed by atoms with E-state index < -0.39 is 10.0 Å². The highest BCUT2D eigenvalue weighted by Gasteiger charge is 2.22. The number of anilines is 2. The van der Waals surface area contributed by atoms with Crippen molar-refractivity contribution in [1.82, 2.24) is 0 Å². The normalized spacial score (nSPS) is 10.9. The molecule has 31 heavy (non-hydrogen) atoms. The van der Waals surface area contributed by atoms with E-state index in [4.69, 9.17) is 9.47 Å². The number of benzene rings is 3. The number of ether oxygens (including phenoxy) is 2. The van der Waals surface area contributed by atoms with Crippen LogP contribution in [0.3, 0.4) is 0 Å². The molecule has 1 amide bonds. The predicted octanol–water partition coefficient (Wildman–Crippen LogP) is 4.17. The molecule has 0 saturated heterocycles. The highest BCUT2D eigenvalue weighted by molar-refractivity contribution is 7.92. The van der Waals surface area contributed by atoms with E-state index in [-0.39, 0.29) is 10.8 Å². The SMILES string of the molecule is CCOc1ccc(NC(=O)c2cccc(N(C)S(=O)(=O)c3ccc(OC)cc3)c2)cc1. The molecular weight excluding hydrogens is 416 g/mol. The first-order chi connectivity index (χ1) is 14.8. The lowest BCUT2D eigenvalue weighted by Gasteiger charge is -2.20. The van der Waals surface area contributed by atoms with E-state index >= 15 is 0 Å². The summed E-state index contributed by atoms with van der Waals surface area (Å²) in [6.45, 7) is 2.46. The Morgan fingerprint density at radius 2 is 1.61 bits per heavy atom. The lowest BCUT2D eigenvalue weighted by atomic mass is 10.2. The minimum atomic E-state index is -3.80. The van der Waals surface area contributed by atoms with E-state index in [2.05, 4.69) is 5.32 Å². The summed E-state index contributed by atoms with van der Waals surface area (Å²) in [5.74, 6) is 0.934. The maximum absolute atomic E-state index is 13.0. The maximum atomic E-state index is 13.0. The molecule has 1 N–H and O–H groups in total. The summed E-state index contributed by atoms with van der Waals surface area (Å²) in [5, 5.41) is 2.80. The Balaban J connectivity index is 1.78. The van der Waals surface area contributed by atoms with Crippen molar-refractivity contribution in [1.29, 1.82) is 0 Å². The van der Waals surface area contributed by atoms with Crippen molar-refractivity contribution in [2.24, 2.45) is 0 Å². The summed E-state index contributed by atoms with van der Waals surface area (Å²) in [5.41, 5.74) is 1.32. The summed E-state index contributed by atoms with van der Waals surface area (Å²) in [7, 11) is -0.836. The third-order valence-corrected chi connectivity index (χ3v) is 6.41. The van der Waals surface area contributed by atoms with E-state index in [0.717, 1.165) is 4.31 Å². The van der Waals surface area contributed by atoms with Crippen molar-refractivity contribution in [3.05, 3.63) is 78.4 Å².